The van der Waals surface area contributed by atoms with E-state index in [-0.39, 0.29) is 11.9 Å². The molecule has 1 aromatic carbocycles. The molecule has 2 rings (SSSR count). The van der Waals surface area contributed by atoms with E-state index >= 15 is 0 Å². The molecule has 21 heavy (non-hydrogen) atoms. The third kappa shape index (κ3) is 4.07. The van der Waals surface area contributed by atoms with Crippen LogP contribution >= 0.6 is 0 Å². The van der Waals surface area contributed by atoms with Crippen LogP contribution in [0.2, 0.25) is 0 Å². The van der Waals surface area contributed by atoms with Crippen molar-refractivity contribution in [1.29, 1.82) is 0 Å². The van der Waals surface area contributed by atoms with Gasteiger partial charge in [-0.3, -0.25) is 4.79 Å². The molecule has 1 aromatic rings. The Balaban J connectivity index is 2.09. The molecule has 1 fully saturated rings. The van der Waals surface area contributed by atoms with Crippen molar-refractivity contribution in [3.8, 4) is 0 Å². The van der Waals surface area contributed by atoms with Gasteiger partial charge in [-0.15, -0.1) is 0 Å². The van der Waals surface area contributed by atoms with Gasteiger partial charge >= 0.3 is 0 Å². The maximum atomic E-state index is 12.2. The molecule has 1 saturated heterocycles. The monoisotopic (exact) mass is 289 g/mol. The third-order valence-electron chi connectivity index (χ3n) is 3.99. The zero-order valence-electron chi connectivity index (χ0n) is 13.8. The Morgan fingerprint density at radius 3 is 2.24 bits per heavy atom. The summed E-state index contributed by atoms with van der Waals surface area (Å²) >= 11 is 0. The molecular formula is C18H27NO2. The number of carbonyl (C=O) groups is 1. The molecule has 2 unspecified atom stereocenters. The van der Waals surface area contributed by atoms with Crippen LogP contribution in [0.25, 0.3) is 0 Å². The van der Waals surface area contributed by atoms with Crippen LogP contribution in [0.15, 0.2) is 24.3 Å². The fourth-order valence-electron chi connectivity index (χ4n) is 2.50. The molecule has 0 bridgehead atoms. The maximum absolute atomic E-state index is 12.2. The smallest absolute Gasteiger partial charge is 0.254 e. The van der Waals surface area contributed by atoms with Gasteiger partial charge in [0.2, 0.25) is 0 Å². The number of benzene rings is 1. The van der Waals surface area contributed by atoms with E-state index in [0.717, 1.165) is 12.0 Å². The van der Waals surface area contributed by atoms with E-state index in [2.05, 4.69) is 57.3 Å². The molecule has 0 saturated carbocycles. The zero-order chi connectivity index (χ0) is 15.6. The number of nitrogens with one attached hydrogen (secondary N) is 1. The average Bonchev–Trinajstić information content (AvgIpc) is 3.15. The lowest BCUT2D eigenvalue weighted by molar-refractivity contribution is -0.126. The molecule has 1 heterocycles. The number of amides is 1. The van der Waals surface area contributed by atoms with Gasteiger partial charge in [0.15, 0.2) is 5.60 Å². The second kappa shape index (κ2) is 6.18. The second-order valence-electron chi connectivity index (χ2n) is 7.05. The number of hydrogen-bond acceptors (Lipinski definition) is 2. The fraction of sp³-hybridized carbons (Fsp3) is 0.611. The van der Waals surface area contributed by atoms with Crippen molar-refractivity contribution in [3.05, 3.63) is 35.4 Å². The summed E-state index contributed by atoms with van der Waals surface area (Å²) in [5.41, 5.74) is 1.90. The Morgan fingerprint density at radius 1 is 1.24 bits per heavy atom. The van der Waals surface area contributed by atoms with E-state index < -0.39 is 5.60 Å². The van der Waals surface area contributed by atoms with Crippen LogP contribution in [0.1, 0.15) is 51.8 Å². The Morgan fingerprint density at radius 2 is 1.81 bits per heavy atom. The Kier molecular flexibility index (Phi) is 4.72. The maximum Gasteiger partial charge on any atom is 0.254 e. The second-order valence-corrected chi connectivity index (χ2v) is 7.05. The van der Waals surface area contributed by atoms with Crippen molar-refractivity contribution < 1.29 is 9.53 Å². The first-order valence-corrected chi connectivity index (χ1v) is 7.85. The van der Waals surface area contributed by atoms with Gasteiger partial charge in [0.25, 0.3) is 5.91 Å². The summed E-state index contributed by atoms with van der Waals surface area (Å²) in [4.78, 5) is 12.2. The van der Waals surface area contributed by atoms with E-state index in [1.165, 1.54) is 5.56 Å². The van der Waals surface area contributed by atoms with Crippen molar-refractivity contribution in [2.45, 2.75) is 52.7 Å². The molecule has 1 aliphatic heterocycles. The molecule has 1 aliphatic rings. The summed E-state index contributed by atoms with van der Waals surface area (Å²) in [6, 6.07) is 8.65. The van der Waals surface area contributed by atoms with Crippen LogP contribution in [-0.2, 0) is 16.0 Å². The minimum atomic E-state index is -0.606. The predicted molar refractivity (Wildman–Crippen MR) is 85.1 cm³/mol. The number of rotatable bonds is 6. The van der Waals surface area contributed by atoms with Gasteiger partial charge < -0.3 is 10.1 Å². The van der Waals surface area contributed by atoms with Crippen LogP contribution in [0, 0.1) is 11.8 Å². The Hall–Kier alpha value is -1.35. The normalized spacial score (nSPS) is 22.4. The number of hydrogen-bond donors (Lipinski definition) is 1. The molecule has 2 atom stereocenters. The molecule has 0 radical (unpaired) electrons. The predicted octanol–water partition coefficient (Wildman–Crippen LogP) is 3.49. The highest BCUT2D eigenvalue weighted by molar-refractivity contribution is 5.87. The minimum absolute atomic E-state index is 0.00698. The van der Waals surface area contributed by atoms with Gasteiger partial charge in [-0.2, -0.15) is 0 Å². The van der Waals surface area contributed by atoms with Gasteiger partial charge in [-0.25, -0.2) is 0 Å². The number of epoxide rings is 1. The molecule has 3 heteroatoms. The third-order valence-corrected chi connectivity index (χ3v) is 3.99. The Labute approximate surface area is 128 Å². The summed E-state index contributed by atoms with van der Waals surface area (Å²) in [5.74, 6) is 0.989. The molecule has 1 N–H and O–H groups in total. The molecule has 1 amide bonds. The van der Waals surface area contributed by atoms with Gasteiger partial charge in [0.1, 0.15) is 0 Å². The van der Waals surface area contributed by atoms with Crippen molar-refractivity contribution in [1.82, 2.24) is 5.32 Å². The average molecular weight is 289 g/mol. The molecule has 0 spiro atoms. The summed E-state index contributed by atoms with van der Waals surface area (Å²) < 4.78 is 5.23. The quantitative estimate of drug-likeness (QED) is 0.815. The van der Waals surface area contributed by atoms with Crippen molar-refractivity contribution in [2.24, 2.45) is 11.8 Å². The highest BCUT2D eigenvalue weighted by atomic mass is 16.6. The van der Waals surface area contributed by atoms with Crippen LogP contribution in [0.3, 0.4) is 0 Å². The van der Waals surface area contributed by atoms with Gasteiger partial charge in [-0.1, -0.05) is 52.0 Å². The minimum Gasteiger partial charge on any atom is -0.359 e. The van der Waals surface area contributed by atoms with E-state index in [9.17, 15) is 4.79 Å². The highest BCUT2D eigenvalue weighted by Crippen LogP contribution is 2.29. The first kappa shape index (κ1) is 16.0. The number of carbonyl (C=O) groups excluding carboxylic acids is 1. The van der Waals surface area contributed by atoms with E-state index in [0.29, 0.717) is 18.4 Å². The summed E-state index contributed by atoms with van der Waals surface area (Å²) in [6.45, 7) is 11.1. The summed E-state index contributed by atoms with van der Waals surface area (Å²) in [6.07, 6.45) is 1.09. The van der Waals surface area contributed by atoms with Gasteiger partial charge in [0, 0.05) is 0 Å². The first-order chi connectivity index (χ1) is 9.82. The van der Waals surface area contributed by atoms with Gasteiger partial charge in [-0.05, 0) is 36.3 Å². The van der Waals surface area contributed by atoms with Crippen LogP contribution in [0.4, 0.5) is 0 Å². The standard InChI is InChI=1S/C18H27NO2/c1-12(2)10-14-6-8-15(9-7-14)16(13(3)4)19-17(20)18(5)11-21-18/h6-9,12-13,16H,10-11H2,1-5H3,(H,19,20). The van der Waals surface area contributed by atoms with Crippen molar-refractivity contribution >= 4 is 5.91 Å². The van der Waals surface area contributed by atoms with E-state index in [4.69, 9.17) is 4.74 Å². The van der Waals surface area contributed by atoms with E-state index in [1.54, 1.807) is 0 Å². The lowest BCUT2D eigenvalue weighted by Crippen LogP contribution is -2.39. The largest absolute Gasteiger partial charge is 0.359 e. The zero-order valence-corrected chi connectivity index (χ0v) is 13.8. The van der Waals surface area contributed by atoms with Crippen LogP contribution < -0.4 is 5.32 Å². The van der Waals surface area contributed by atoms with Crippen molar-refractivity contribution in [2.75, 3.05) is 6.61 Å². The lowest BCUT2D eigenvalue weighted by atomic mass is 9.93. The topological polar surface area (TPSA) is 41.6 Å². The Bertz CT molecular complexity index is 486. The fourth-order valence-corrected chi connectivity index (χ4v) is 2.50. The summed E-state index contributed by atoms with van der Waals surface area (Å²) in [7, 11) is 0. The molecule has 0 aliphatic carbocycles. The first-order valence-electron chi connectivity index (χ1n) is 7.85. The van der Waals surface area contributed by atoms with E-state index in [1.807, 2.05) is 6.92 Å². The highest BCUT2D eigenvalue weighted by Gasteiger charge is 2.48. The SMILES string of the molecule is CC(C)Cc1ccc(C(NC(=O)C2(C)CO2)C(C)C)cc1. The molecule has 3 nitrogen and oxygen atoms in total. The number of ether oxygens (including phenoxy) is 1. The van der Waals surface area contributed by atoms with Gasteiger partial charge in [0.05, 0.1) is 12.6 Å². The summed E-state index contributed by atoms with van der Waals surface area (Å²) in [5, 5.41) is 3.13. The van der Waals surface area contributed by atoms with Crippen LogP contribution in [0.5, 0.6) is 0 Å². The molecular weight excluding hydrogens is 262 g/mol. The van der Waals surface area contributed by atoms with Crippen LogP contribution in [-0.4, -0.2) is 18.1 Å². The molecule has 0 aromatic heterocycles. The van der Waals surface area contributed by atoms with Crippen molar-refractivity contribution in [3.63, 3.8) is 0 Å². The molecule has 116 valence electrons. The lowest BCUT2D eigenvalue weighted by Gasteiger charge is -2.24.